The van der Waals surface area contributed by atoms with Crippen molar-refractivity contribution in [2.45, 2.75) is 90.3 Å². The van der Waals surface area contributed by atoms with Gasteiger partial charge in [-0.25, -0.2) is 0 Å². The van der Waals surface area contributed by atoms with Gasteiger partial charge in [0.1, 0.15) is 0 Å². The monoisotopic (exact) mass is 426 g/mol. The van der Waals surface area contributed by atoms with Crippen molar-refractivity contribution in [1.29, 1.82) is 0 Å². The Kier molecular flexibility index (Phi) is 11.1. The Balaban J connectivity index is 2.02. The molecule has 0 aromatic heterocycles. The van der Waals surface area contributed by atoms with Crippen molar-refractivity contribution in [1.82, 2.24) is 0 Å². The Morgan fingerprint density at radius 1 is 0.700 bits per heavy atom. The molecular formula is C24H42O6. The fourth-order valence-electron chi connectivity index (χ4n) is 5.14. The smallest absolute Gasteiger partial charge is 0.311 e. The zero-order valence-corrected chi connectivity index (χ0v) is 19.4. The standard InChI is InChI=1S/C24H42O6/c1-5-7-13-29-21-15-17(9-11-19(21)23(25)27-3)18-10-12-20(24(26)28-4)22(16-18)30-14-8-6-2/h17-22H,5-16H2,1-4H3. The molecule has 0 amide bonds. The Bertz CT molecular complexity index is 476. The van der Waals surface area contributed by atoms with Gasteiger partial charge in [-0.2, -0.15) is 0 Å². The van der Waals surface area contributed by atoms with Gasteiger partial charge in [0.25, 0.3) is 0 Å². The largest absolute Gasteiger partial charge is 0.469 e. The summed E-state index contributed by atoms with van der Waals surface area (Å²) in [6.45, 7) is 5.67. The summed E-state index contributed by atoms with van der Waals surface area (Å²) in [5.74, 6) is 0.370. The topological polar surface area (TPSA) is 71.1 Å². The maximum atomic E-state index is 12.3. The van der Waals surface area contributed by atoms with Crippen molar-refractivity contribution in [2.24, 2.45) is 23.7 Å². The highest BCUT2D eigenvalue weighted by atomic mass is 16.5. The van der Waals surface area contributed by atoms with E-state index in [1.165, 1.54) is 14.2 Å². The van der Waals surface area contributed by atoms with Crippen LogP contribution in [0, 0.1) is 23.7 Å². The first-order chi connectivity index (χ1) is 14.5. The molecule has 0 N–H and O–H groups in total. The zero-order chi connectivity index (χ0) is 21.9. The second kappa shape index (κ2) is 13.3. The molecule has 6 nitrogen and oxygen atoms in total. The quantitative estimate of drug-likeness (QED) is 0.357. The second-order valence-electron chi connectivity index (χ2n) is 8.93. The molecule has 6 heteroatoms. The van der Waals surface area contributed by atoms with Crippen LogP contribution in [0.5, 0.6) is 0 Å². The molecule has 6 atom stereocenters. The van der Waals surface area contributed by atoms with Crippen LogP contribution in [0.2, 0.25) is 0 Å². The lowest BCUT2D eigenvalue weighted by molar-refractivity contribution is -0.159. The number of methoxy groups -OCH3 is 2. The van der Waals surface area contributed by atoms with Crippen LogP contribution in [-0.4, -0.2) is 51.6 Å². The Labute approximate surface area is 182 Å². The number of esters is 2. The number of unbranched alkanes of at least 4 members (excludes halogenated alkanes) is 2. The van der Waals surface area contributed by atoms with Crippen LogP contribution in [0.4, 0.5) is 0 Å². The Hall–Kier alpha value is -1.14. The van der Waals surface area contributed by atoms with Gasteiger partial charge in [0.2, 0.25) is 0 Å². The molecule has 2 aliphatic carbocycles. The molecule has 0 spiro atoms. The highest BCUT2D eigenvalue weighted by Gasteiger charge is 2.43. The average molecular weight is 427 g/mol. The van der Waals surface area contributed by atoms with Gasteiger partial charge in [0.05, 0.1) is 38.3 Å². The molecule has 0 radical (unpaired) electrons. The Morgan fingerprint density at radius 2 is 1.10 bits per heavy atom. The molecule has 0 aromatic carbocycles. The minimum absolute atomic E-state index is 0.0689. The molecule has 6 unspecified atom stereocenters. The van der Waals surface area contributed by atoms with Crippen LogP contribution >= 0.6 is 0 Å². The number of rotatable bonds is 11. The molecule has 2 fully saturated rings. The normalized spacial score (nSPS) is 31.9. The van der Waals surface area contributed by atoms with Gasteiger partial charge in [-0.05, 0) is 63.2 Å². The zero-order valence-electron chi connectivity index (χ0n) is 19.4. The summed E-state index contributed by atoms with van der Waals surface area (Å²) in [5, 5.41) is 0. The van der Waals surface area contributed by atoms with Gasteiger partial charge in [0, 0.05) is 13.2 Å². The van der Waals surface area contributed by atoms with Gasteiger partial charge < -0.3 is 18.9 Å². The summed E-state index contributed by atoms with van der Waals surface area (Å²) < 4.78 is 22.4. The van der Waals surface area contributed by atoms with E-state index in [2.05, 4.69) is 13.8 Å². The third-order valence-corrected chi connectivity index (χ3v) is 7.00. The van der Waals surface area contributed by atoms with E-state index in [1.54, 1.807) is 0 Å². The number of hydrogen-bond acceptors (Lipinski definition) is 6. The lowest BCUT2D eigenvalue weighted by atomic mass is 9.67. The summed E-state index contributed by atoms with van der Waals surface area (Å²) in [6.07, 6.45) is 9.43. The van der Waals surface area contributed by atoms with Crippen molar-refractivity contribution in [3.05, 3.63) is 0 Å². The third kappa shape index (κ3) is 6.94. The van der Waals surface area contributed by atoms with E-state index in [1.807, 2.05) is 0 Å². The van der Waals surface area contributed by atoms with Gasteiger partial charge in [0.15, 0.2) is 0 Å². The van der Waals surface area contributed by atoms with Gasteiger partial charge in [-0.15, -0.1) is 0 Å². The number of carbonyl (C=O) groups excluding carboxylic acids is 2. The maximum Gasteiger partial charge on any atom is 0.311 e. The third-order valence-electron chi connectivity index (χ3n) is 7.00. The average Bonchev–Trinajstić information content (AvgIpc) is 2.78. The van der Waals surface area contributed by atoms with Gasteiger partial charge in [-0.1, -0.05) is 26.7 Å². The molecule has 0 bridgehead atoms. The predicted molar refractivity (Wildman–Crippen MR) is 115 cm³/mol. The number of ether oxygens (including phenoxy) is 4. The highest BCUT2D eigenvalue weighted by Crippen LogP contribution is 2.43. The predicted octanol–water partition coefficient (Wildman–Crippen LogP) is 4.54. The molecule has 0 heterocycles. The summed E-state index contributed by atoms with van der Waals surface area (Å²) in [4.78, 5) is 24.5. The summed E-state index contributed by atoms with van der Waals surface area (Å²) in [6, 6.07) is 0. The fourth-order valence-corrected chi connectivity index (χ4v) is 5.14. The van der Waals surface area contributed by atoms with Crippen LogP contribution in [-0.2, 0) is 28.5 Å². The minimum Gasteiger partial charge on any atom is -0.469 e. The van der Waals surface area contributed by atoms with E-state index in [0.29, 0.717) is 25.0 Å². The van der Waals surface area contributed by atoms with E-state index in [9.17, 15) is 9.59 Å². The molecule has 174 valence electrons. The van der Waals surface area contributed by atoms with Crippen LogP contribution < -0.4 is 0 Å². The fraction of sp³-hybridized carbons (Fsp3) is 0.917. The lowest BCUT2D eigenvalue weighted by Gasteiger charge is -2.42. The van der Waals surface area contributed by atoms with Crippen LogP contribution in [0.3, 0.4) is 0 Å². The first-order valence-corrected chi connectivity index (χ1v) is 11.9. The van der Waals surface area contributed by atoms with Crippen molar-refractivity contribution in [2.75, 3.05) is 27.4 Å². The first kappa shape index (κ1) is 25.1. The molecule has 0 saturated heterocycles. The van der Waals surface area contributed by atoms with E-state index in [4.69, 9.17) is 18.9 Å². The van der Waals surface area contributed by atoms with E-state index in [-0.39, 0.29) is 36.0 Å². The van der Waals surface area contributed by atoms with Gasteiger partial charge in [-0.3, -0.25) is 9.59 Å². The molecule has 2 saturated carbocycles. The number of hydrogen-bond donors (Lipinski definition) is 0. The maximum absolute atomic E-state index is 12.3. The molecule has 0 aromatic rings. The van der Waals surface area contributed by atoms with Crippen molar-refractivity contribution < 1.29 is 28.5 Å². The molecule has 30 heavy (non-hydrogen) atoms. The molecule has 2 rings (SSSR count). The summed E-state index contributed by atoms with van der Waals surface area (Å²) >= 11 is 0. The number of carbonyl (C=O) groups is 2. The molecule has 0 aliphatic heterocycles. The second-order valence-corrected chi connectivity index (χ2v) is 8.93. The summed E-state index contributed by atoms with van der Waals surface area (Å²) in [5.41, 5.74) is 0. The van der Waals surface area contributed by atoms with E-state index >= 15 is 0 Å². The van der Waals surface area contributed by atoms with Crippen molar-refractivity contribution in [3.63, 3.8) is 0 Å². The molecule has 2 aliphatic rings. The van der Waals surface area contributed by atoms with E-state index < -0.39 is 0 Å². The van der Waals surface area contributed by atoms with Crippen LogP contribution in [0.25, 0.3) is 0 Å². The highest BCUT2D eigenvalue weighted by molar-refractivity contribution is 5.73. The van der Waals surface area contributed by atoms with E-state index in [0.717, 1.165) is 64.2 Å². The van der Waals surface area contributed by atoms with Crippen molar-refractivity contribution >= 4 is 11.9 Å². The van der Waals surface area contributed by atoms with Crippen molar-refractivity contribution in [3.8, 4) is 0 Å². The summed E-state index contributed by atoms with van der Waals surface area (Å²) in [7, 11) is 2.92. The first-order valence-electron chi connectivity index (χ1n) is 11.9. The Morgan fingerprint density at radius 3 is 1.43 bits per heavy atom. The SMILES string of the molecule is CCCCOC1CC(C2CCC(C(=O)OC)C(OCCCC)C2)CCC1C(=O)OC. The van der Waals surface area contributed by atoms with Crippen LogP contribution in [0.15, 0.2) is 0 Å². The molecular weight excluding hydrogens is 384 g/mol. The minimum atomic E-state index is -0.161. The van der Waals surface area contributed by atoms with Gasteiger partial charge >= 0.3 is 11.9 Å². The van der Waals surface area contributed by atoms with Crippen LogP contribution in [0.1, 0.15) is 78.1 Å². The lowest BCUT2D eigenvalue weighted by Crippen LogP contribution is -2.43.